The molecule has 0 fully saturated rings. The molecule has 0 aromatic heterocycles. The van der Waals surface area contributed by atoms with E-state index >= 15 is 0 Å². The lowest BCUT2D eigenvalue weighted by molar-refractivity contribution is -0.152. The number of aliphatic carboxylic acids is 1. The summed E-state index contributed by atoms with van der Waals surface area (Å²) in [6.07, 6.45) is -1.39. The van der Waals surface area contributed by atoms with Crippen LogP contribution in [0.4, 0.5) is 0 Å². The molecule has 0 radical (unpaired) electrons. The molecule has 5 heteroatoms. The van der Waals surface area contributed by atoms with Crippen LogP contribution in [0, 0.1) is 0 Å². The highest BCUT2D eigenvalue weighted by Gasteiger charge is 2.44. The van der Waals surface area contributed by atoms with Gasteiger partial charge in [-0.05, 0) is 13.8 Å². The Kier molecular flexibility index (Phi) is 2.72. The lowest BCUT2D eigenvalue weighted by atomic mass is 9.91. The van der Waals surface area contributed by atoms with Gasteiger partial charge >= 0.3 is 5.97 Å². The molecule has 0 aliphatic rings. The monoisotopic (exact) mass is 161 g/mol. The van der Waals surface area contributed by atoms with Crippen LogP contribution in [-0.2, 0) is 9.59 Å². The van der Waals surface area contributed by atoms with Gasteiger partial charge in [-0.1, -0.05) is 0 Å². The van der Waals surface area contributed by atoms with Crippen LogP contribution in [-0.4, -0.2) is 33.6 Å². The molecule has 0 aromatic carbocycles. The Balaban J connectivity index is 4.82. The first-order valence-corrected chi connectivity index (χ1v) is 3.04. The van der Waals surface area contributed by atoms with Crippen molar-refractivity contribution < 1.29 is 19.8 Å². The number of aliphatic hydroxyl groups is 1. The number of carbonyl (C=O) groups is 2. The molecule has 5 nitrogen and oxygen atoms in total. The summed E-state index contributed by atoms with van der Waals surface area (Å²) in [4.78, 5) is 21.1. The lowest BCUT2D eigenvalue weighted by Gasteiger charge is -2.23. The molecule has 0 bridgehead atoms. The van der Waals surface area contributed by atoms with Crippen LogP contribution in [0.2, 0.25) is 0 Å². The standard InChI is InChI=1S/C6H11NO4/c1-3(8)6(7,4(2)9)5(10)11/h3,8H,7H2,1-2H3,(H,10,11)/t3?,6-/m0/s1. The third-order valence-corrected chi connectivity index (χ3v) is 1.60. The van der Waals surface area contributed by atoms with Gasteiger partial charge in [0.1, 0.15) is 0 Å². The second-order valence-electron chi connectivity index (χ2n) is 2.41. The van der Waals surface area contributed by atoms with Crippen LogP contribution in [0.25, 0.3) is 0 Å². The minimum absolute atomic E-state index is 0.764. The smallest absolute Gasteiger partial charge is 0.334 e. The summed E-state index contributed by atoms with van der Waals surface area (Å²) in [5.41, 5.74) is 2.96. The van der Waals surface area contributed by atoms with Gasteiger partial charge in [-0.25, -0.2) is 4.79 Å². The summed E-state index contributed by atoms with van der Waals surface area (Å²) in [7, 11) is 0. The number of rotatable bonds is 3. The fourth-order valence-electron chi connectivity index (χ4n) is 0.623. The average Bonchev–Trinajstić information content (AvgIpc) is 1.84. The number of carboxylic acid groups (broad SMARTS) is 1. The first-order chi connectivity index (χ1) is 4.83. The predicted molar refractivity (Wildman–Crippen MR) is 36.9 cm³/mol. The summed E-state index contributed by atoms with van der Waals surface area (Å²) in [6, 6.07) is 0. The van der Waals surface area contributed by atoms with E-state index in [-0.39, 0.29) is 0 Å². The summed E-state index contributed by atoms with van der Waals surface area (Å²) < 4.78 is 0. The Hall–Kier alpha value is -0.940. The van der Waals surface area contributed by atoms with E-state index in [4.69, 9.17) is 15.9 Å². The van der Waals surface area contributed by atoms with Crippen LogP contribution < -0.4 is 5.73 Å². The van der Waals surface area contributed by atoms with Gasteiger partial charge < -0.3 is 15.9 Å². The number of aliphatic hydroxyl groups excluding tert-OH is 1. The third-order valence-electron chi connectivity index (χ3n) is 1.60. The number of nitrogens with two attached hydrogens (primary N) is 1. The number of carbonyl (C=O) groups excluding carboxylic acids is 1. The SMILES string of the molecule is CC(=O)[C@](N)(C(=O)O)C(C)O. The molecule has 0 aliphatic carbocycles. The van der Waals surface area contributed by atoms with Crippen molar-refractivity contribution in [3.05, 3.63) is 0 Å². The first kappa shape index (κ1) is 10.1. The van der Waals surface area contributed by atoms with Gasteiger partial charge in [-0.3, -0.25) is 4.79 Å². The molecule has 0 aliphatic heterocycles. The van der Waals surface area contributed by atoms with Gasteiger partial charge in [0.25, 0.3) is 0 Å². The number of Topliss-reactive ketones (excluding diaryl/α,β-unsaturated/α-hetero) is 1. The molecule has 11 heavy (non-hydrogen) atoms. The van der Waals surface area contributed by atoms with E-state index < -0.39 is 23.4 Å². The topological polar surface area (TPSA) is 101 Å². The molecule has 0 spiro atoms. The quantitative estimate of drug-likeness (QED) is 0.448. The second kappa shape index (κ2) is 2.98. The van der Waals surface area contributed by atoms with Crippen LogP contribution in [0.3, 0.4) is 0 Å². The number of hydrogen-bond acceptors (Lipinski definition) is 4. The largest absolute Gasteiger partial charge is 0.479 e. The minimum Gasteiger partial charge on any atom is -0.479 e. The van der Waals surface area contributed by atoms with Crippen molar-refractivity contribution in [2.75, 3.05) is 0 Å². The van der Waals surface area contributed by atoms with Crippen molar-refractivity contribution >= 4 is 11.8 Å². The van der Waals surface area contributed by atoms with Gasteiger partial charge in [0, 0.05) is 0 Å². The molecule has 1 unspecified atom stereocenters. The summed E-state index contributed by atoms with van der Waals surface area (Å²) in [6.45, 7) is 2.19. The maximum Gasteiger partial charge on any atom is 0.334 e. The predicted octanol–water partition coefficient (Wildman–Crippen LogP) is -1.26. The van der Waals surface area contributed by atoms with Crippen molar-refractivity contribution in [3.63, 3.8) is 0 Å². The van der Waals surface area contributed by atoms with Crippen molar-refractivity contribution in [2.24, 2.45) is 5.73 Å². The Morgan fingerprint density at radius 2 is 1.91 bits per heavy atom. The van der Waals surface area contributed by atoms with Crippen molar-refractivity contribution in [3.8, 4) is 0 Å². The number of ketones is 1. The zero-order valence-corrected chi connectivity index (χ0v) is 6.37. The zero-order chi connectivity index (χ0) is 9.23. The number of carboxylic acids is 1. The van der Waals surface area contributed by atoms with Crippen LogP contribution in [0.5, 0.6) is 0 Å². The normalized spacial score (nSPS) is 18.5. The molecule has 0 amide bonds. The van der Waals surface area contributed by atoms with Gasteiger partial charge in [-0.15, -0.1) is 0 Å². The summed E-state index contributed by atoms with van der Waals surface area (Å²) in [5.74, 6) is -2.28. The maximum absolute atomic E-state index is 10.7. The van der Waals surface area contributed by atoms with Crippen molar-refractivity contribution in [1.29, 1.82) is 0 Å². The van der Waals surface area contributed by atoms with Crippen LogP contribution in [0.1, 0.15) is 13.8 Å². The fourth-order valence-corrected chi connectivity index (χ4v) is 0.623. The Morgan fingerprint density at radius 3 is 1.91 bits per heavy atom. The highest BCUT2D eigenvalue weighted by molar-refractivity contribution is 6.07. The molecular weight excluding hydrogens is 150 g/mol. The lowest BCUT2D eigenvalue weighted by Crippen LogP contribution is -2.61. The van der Waals surface area contributed by atoms with E-state index in [1.54, 1.807) is 0 Å². The maximum atomic E-state index is 10.7. The van der Waals surface area contributed by atoms with E-state index in [1.807, 2.05) is 0 Å². The van der Waals surface area contributed by atoms with Crippen molar-refractivity contribution in [1.82, 2.24) is 0 Å². The molecule has 0 rings (SSSR count). The molecule has 2 atom stereocenters. The Bertz CT molecular complexity index is 173. The molecule has 4 N–H and O–H groups in total. The molecule has 0 saturated carbocycles. The van der Waals surface area contributed by atoms with Gasteiger partial charge in [0.05, 0.1) is 6.10 Å². The third kappa shape index (κ3) is 1.55. The highest BCUT2D eigenvalue weighted by Crippen LogP contribution is 2.08. The van der Waals surface area contributed by atoms with E-state index in [0.717, 1.165) is 13.8 Å². The van der Waals surface area contributed by atoms with Crippen LogP contribution >= 0.6 is 0 Å². The Morgan fingerprint density at radius 1 is 1.55 bits per heavy atom. The minimum atomic E-state index is -2.17. The molecule has 64 valence electrons. The highest BCUT2D eigenvalue weighted by atomic mass is 16.4. The summed E-state index contributed by atoms with van der Waals surface area (Å²) >= 11 is 0. The van der Waals surface area contributed by atoms with Crippen LogP contribution in [0.15, 0.2) is 0 Å². The zero-order valence-electron chi connectivity index (χ0n) is 6.37. The van der Waals surface area contributed by atoms with Gasteiger partial charge in [-0.2, -0.15) is 0 Å². The van der Waals surface area contributed by atoms with E-state index in [0.29, 0.717) is 0 Å². The van der Waals surface area contributed by atoms with E-state index in [1.165, 1.54) is 0 Å². The fraction of sp³-hybridized carbons (Fsp3) is 0.667. The van der Waals surface area contributed by atoms with E-state index in [2.05, 4.69) is 0 Å². The molecule has 0 saturated heterocycles. The molecule has 0 aromatic rings. The average molecular weight is 161 g/mol. The second-order valence-corrected chi connectivity index (χ2v) is 2.41. The summed E-state index contributed by atoms with van der Waals surface area (Å²) in [5, 5.41) is 17.4. The van der Waals surface area contributed by atoms with Gasteiger partial charge in [0.2, 0.25) is 0 Å². The van der Waals surface area contributed by atoms with Gasteiger partial charge in [0.15, 0.2) is 11.3 Å². The Labute approximate surface area is 63.8 Å². The molecular formula is C6H11NO4. The number of hydrogen-bond donors (Lipinski definition) is 3. The molecule has 0 heterocycles. The van der Waals surface area contributed by atoms with Crippen molar-refractivity contribution in [2.45, 2.75) is 25.5 Å². The first-order valence-electron chi connectivity index (χ1n) is 3.04. The van der Waals surface area contributed by atoms with E-state index in [9.17, 15) is 9.59 Å².